The molecule has 182 valence electrons. The van der Waals surface area contributed by atoms with Gasteiger partial charge in [-0.1, -0.05) is 12.1 Å². The molecule has 2 aromatic carbocycles. The number of hydrogen-bond donors (Lipinski definition) is 1. The molecule has 0 bridgehead atoms. The first-order chi connectivity index (χ1) is 16.1. The Bertz CT molecular complexity index is 1040. The van der Waals surface area contributed by atoms with Gasteiger partial charge >= 0.3 is 6.18 Å². The highest BCUT2D eigenvalue weighted by atomic mass is 32.2. The molecule has 1 N–H and O–H groups in total. The number of amides is 3. The lowest BCUT2D eigenvalue weighted by atomic mass is 9.94. The minimum Gasteiger partial charge on any atom is -0.339 e. The first-order valence-electron chi connectivity index (χ1n) is 10.7. The number of likely N-dealkylation sites (tertiary alicyclic amines) is 1. The van der Waals surface area contributed by atoms with Gasteiger partial charge in [0.25, 0.3) is 5.91 Å². The van der Waals surface area contributed by atoms with Crippen molar-refractivity contribution >= 4 is 35.2 Å². The third kappa shape index (κ3) is 6.31. The molecule has 0 radical (unpaired) electrons. The zero-order chi connectivity index (χ0) is 24.9. The number of rotatable bonds is 6. The van der Waals surface area contributed by atoms with Crippen LogP contribution in [0.3, 0.4) is 0 Å². The maximum Gasteiger partial charge on any atom is 0.416 e. The fraction of sp³-hybridized carbons (Fsp3) is 0.375. The monoisotopic (exact) mass is 493 g/mol. The van der Waals surface area contributed by atoms with Gasteiger partial charge in [0, 0.05) is 36.5 Å². The zero-order valence-corrected chi connectivity index (χ0v) is 19.7. The van der Waals surface area contributed by atoms with Gasteiger partial charge in [0.2, 0.25) is 11.8 Å². The molecule has 0 saturated carbocycles. The summed E-state index contributed by atoms with van der Waals surface area (Å²) in [5.74, 6) is -1.16. The number of thioether (sulfide) groups is 1. The average Bonchev–Trinajstić information content (AvgIpc) is 2.83. The SMILES string of the molecule is CSc1ccccc1NC(=O)CN(C)C(=O)C1CCN(C(=O)c2ccc(C(F)(F)F)cc2)CC1. The van der Waals surface area contributed by atoms with Crippen LogP contribution in [0.5, 0.6) is 0 Å². The minimum absolute atomic E-state index is 0.0910. The number of alkyl halides is 3. The van der Waals surface area contributed by atoms with E-state index in [0.717, 1.165) is 17.0 Å². The van der Waals surface area contributed by atoms with Crippen molar-refractivity contribution in [2.24, 2.45) is 5.92 Å². The third-order valence-electron chi connectivity index (χ3n) is 5.73. The first-order valence-corrected chi connectivity index (χ1v) is 12.0. The molecule has 34 heavy (non-hydrogen) atoms. The van der Waals surface area contributed by atoms with Gasteiger partial charge in [-0.3, -0.25) is 14.4 Å². The lowest BCUT2D eigenvalue weighted by Crippen LogP contribution is -2.45. The van der Waals surface area contributed by atoms with Gasteiger partial charge in [0.15, 0.2) is 0 Å². The maximum atomic E-state index is 12.8. The summed E-state index contributed by atoms with van der Waals surface area (Å²) in [6.45, 7) is 0.543. The summed E-state index contributed by atoms with van der Waals surface area (Å²) >= 11 is 1.51. The summed E-state index contributed by atoms with van der Waals surface area (Å²) in [6, 6.07) is 11.5. The van der Waals surface area contributed by atoms with Gasteiger partial charge < -0.3 is 15.1 Å². The molecule has 0 aliphatic carbocycles. The fourth-order valence-electron chi connectivity index (χ4n) is 3.86. The van der Waals surface area contributed by atoms with Gasteiger partial charge in [-0.25, -0.2) is 0 Å². The molecular weight excluding hydrogens is 467 g/mol. The summed E-state index contributed by atoms with van der Waals surface area (Å²) in [4.78, 5) is 41.7. The predicted molar refractivity (Wildman–Crippen MR) is 125 cm³/mol. The fourth-order valence-corrected chi connectivity index (χ4v) is 4.41. The highest BCUT2D eigenvalue weighted by Gasteiger charge is 2.32. The normalized spacial score (nSPS) is 14.6. The second-order valence-corrected chi connectivity index (χ2v) is 8.93. The molecule has 10 heteroatoms. The number of nitrogens with one attached hydrogen (secondary N) is 1. The van der Waals surface area contributed by atoms with Crippen molar-refractivity contribution in [3.63, 3.8) is 0 Å². The molecule has 0 aromatic heterocycles. The molecule has 3 rings (SSSR count). The van der Waals surface area contributed by atoms with Crippen LogP contribution in [0.2, 0.25) is 0 Å². The van der Waals surface area contributed by atoms with E-state index in [-0.39, 0.29) is 35.7 Å². The van der Waals surface area contributed by atoms with E-state index in [1.165, 1.54) is 28.8 Å². The van der Waals surface area contributed by atoms with Crippen LogP contribution < -0.4 is 5.32 Å². The van der Waals surface area contributed by atoms with Crippen LogP contribution in [-0.2, 0) is 15.8 Å². The van der Waals surface area contributed by atoms with Crippen LogP contribution in [0.15, 0.2) is 53.4 Å². The molecule has 1 heterocycles. The molecule has 1 aliphatic heterocycles. The van der Waals surface area contributed by atoms with Crippen LogP contribution in [0.25, 0.3) is 0 Å². The van der Waals surface area contributed by atoms with E-state index in [9.17, 15) is 27.6 Å². The van der Waals surface area contributed by atoms with Crippen LogP contribution in [-0.4, -0.2) is 60.5 Å². The highest BCUT2D eigenvalue weighted by Crippen LogP contribution is 2.29. The summed E-state index contributed by atoms with van der Waals surface area (Å²) in [7, 11) is 1.57. The van der Waals surface area contributed by atoms with Crippen molar-refractivity contribution in [3.05, 3.63) is 59.7 Å². The Labute approximate surface area is 200 Å². The van der Waals surface area contributed by atoms with E-state index in [1.807, 2.05) is 24.5 Å². The number of hydrogen-bond acceptors (Lipinski definition) is 4. The van der Waals surface area contributed by atoms with Crippen molar-refractivity contribution in [2.75, 3.05) is 38.3 Å². The van der Waals surface area contributed by atoms with Gasteiger partial charge in [-0.2, -0.15) is 13.2 Å². The third-order valence-corrected chi connectivity index (χ3v) is 6.52. The van der Waals surface area contributed by atoms with Gasteiger partial charge in [0.1, 0.15) is 0 Å². The number of nitrogens with zero attached hydrogens (tertiary/aromatic N) is 2. The second-order valence-electron chi connectivity index (χ2n) is 8.08. The van der Waals surface area contributed by atoms with Gasteiger partial charge in [-0.05, 0) is 55.5 Å². The van der Waals surface area contributed by atoms with Crippen LogP contribution in [0.1, 0.15) is 28.8 Å². The number of halogens is 3. The molecule has 2 aromatic rings. The Morgan fingerprint density at radius 3 is 2.26 bits per heavy atom. The number of piperidine rings is 1. The highest BCUT2D eigenvalue weighted by molar-refractivity contribution is 7.98. The Balaban J connectivity index is 1.50. The van der Waals surface area contributed by atoms with E-state index in [0.29, 0.717) is 31.6 Å². The lowest BCUT2D eigenvalue weighted by Gasteiger charge is -2.33. The van der Waals surface area contributed by atoms with Crippen molar-refractivity contribution in [2.45, 2.75) is 23.9 Å². The van der Waals surface area contributed by atoms with Crippen molar-refractivity contribution in [1.82, 2.24) is 9.80 Å². The van der Waals surface area contributed by atoms with Crippen LogP contribution in [0.4, 0.5) is 18.9 Å². The maximum absolute atomic E-state index is 12.8. The summed E-state index contributed by atoms with van der Waals surface area (Å²) in [5.41, 5.74) is 0.0605. The molecule has 0 atom stereocenters. The number of carbonyl (C=O) groups excluding carboxylic acids is 3. The average molecular weight is 494 g/mol. The van der Waals surface area contributed by atoms with Crippen LogP contribution in [0, 0.1) is 5.92 Å². The molecule has 6 nitrogen and oxygen atoms in total. The van der Waals surface area contributed by atoms with Gasteiger partial charge in [-0.15, -0.1) is 11.8 Å². The molecule has 0 unspecified atom stereocenters. The quantitative estimate of drug-likeness (QED) is 0.607. The van der Waals surface area contributed by atoms with E-state index in [1.54, 1.807) is 18.0 Å². The molecule has 1 aliphatic rings. The van der Waals surface area contributed by atoms with Gasteiger partial charge in [0.05, 0.1) is 17.8 Å². The number of benzene rings is 2. The molecular formula is C24H26F3N3O3S. The van der Waals surface area contributed by atoms with Crippen molar-refractivity contribution in [3.8, 4) is 0 Å². The Morgan fingerprint density at radius 1 is 1.06 bits per heavy atom. The minimum atomic E-state index is -4.46. The smallest absolute Gasteiger partial charge is 0.339 e. The molecule has 1 fully saturated rings. The lowest BCUT2D eigenvalue weighted by molar-refractivity contribution is -0.138. The summed E-state index contributed by atoms with van der Waals surface area (Å²) < 4.78 is 38.2. The largest absolute Gasteiger partial charge is 0.416 e. The van der Waals surface area contributed by atoms with Crippen molar-refractivity contribution in [1.29, 1.82) is 0 Å². The van der Waals surface area contributed by atoms with E-state index in [2.05, 4.69) is 5.32 Å². The molecule has 0 spiro atoms. The second kappa shape index (κ2) is 10.9. The Hall–Kier alpha value is -3.01. The Kier molecular flexibility index (Phi) is 8.24. The van der Waals surface area contributed by atoms with Crippen molar-refractivity contribution < 1.29 is 27.6 Å². The zero-order valence-electron chi connectivity index (χ0n) is 18.9. The molecule has 3 amide bonds. The van der Waals surface area contributed by atoms with E-state index in [4.69, 9.17) is 0 Å². The summed E-state index contributed by atoms with van der Waals surface area (Å²) in [5, 5.41) is 2.83. The number of para-hydroxylation sites is 1. The Morgan fingerprint density at radius 2 is 1.68 bits per heavy atom. The number of carbonyl (C=O) groups is 3. The van der Waals surface area contributed by atoms with E-state index < -0.39 is 11.7 Å². The topological polar surface area (TPSA) is 69.7 Å². The first kappa shape index (κ1) is 25.6. The van der Waals surface area contributed by atoms with E-state index >= 15 is 0 Å². The standard InChI is InChI=1S/C24H26F3N3O3S/c1-29(15-21(31)28-19-5-3-4-6-20(19)34-2)22(32)17-11-13-30(14-12-17)23(33)16-7-9-18(10-8-16)24(25,26)27/h3-10,17H,11-15H2,1-2H3,(H,28,31). The van der Waals surface area contributed by atoms with Crippen LogP contribution >= 0.6 is 11.8 Å². The predicted octanol–water partition coefficient (Wildman–Crippen LogP) is 4.38. The number of anilines is 1. The summed E-state index contributed by atoms with van der Waals surface area (Å²) in [6.07, 6.45) is -1.70. The molecule has 1 saturated heterocycles. The number of likely N-dealkylation sites (N-methyl/N-ethyl adjacent to an activating group) is 1.